The predicted molar refractivity (Wildman–Crippen MR) is 54.4 cm³/mol. The van der Waals surface area contributed by atoms with Gasteiger partial charge in [0.05, 0.1) is 0 Å². The first-order valence-electron chi connectivity index (χ1n) is 4.71. The fourth-order valence-electron chi connectivity index (χ4n) is 1.15. The van der Waals surface area contributed by atoms with E-state index in [0.29, 0.717) is 8.83 Å². The minimum absolute atomic E-state index is 0.641. The second-order valence-electron chi connectivity index (χ2n) is 3.09. The molecule has 0 aliphatic heterocycles. The summed E-state index contributed by atoms with van der Waals surface area (Å²) in [5, 5.41) is 0. The number of hydrogen-bond donors (Lipinski definition) is 0. The zero-order valence-electron chi connectivity index (χ0n) is 7.70. The van der Waals surface area contributed by atoms with Crippen LogP contribution in [0.2, 0.25) is 5.54 Å². The van der Waals surface area contributed by atoms with Crippen LogP contribution in [0.5, 0.6) is 0 Å². The van der Waals surface area contributed by atoms with Crippen LogP contribution in [0.4, 0.5) is 0 Å². The first kappa shape index (κ1) is 11.5. The second-order valence-corrected chi connectivity index (χ2v) is 4.78. The molecule has 0 aliphatic carbocycles. The van der Waals surface area contributed by atoms with E-state index >= 15 is 0 Å². The highest BCUT2D eigenvalue weighted by molar-refractivity contribution is 6.94. The van der Waals surface area contributed by atoms with Gasteiger partial charge in [-0.25, -0.2) is 0 Å². The van der Waals surface area contributed by atoms with Gasteiger partial charge >= 0.3 is 0 Å². The van der Waals surface area contributed by atoms with Crippen molar-refractivity contribution in [2.24, 2.45) is 0 Å². The van der Waals surface area contributed by atoms with E-state index in [1.165, 1.54) is 38.5 Å². The Morgan fingerprint density at radius 1 is 1.09 bits per heavy atom. The van der Waals surface area contributed by atoms with Crippen LogP contribution >= 0.6 is 11.1 Å². The fraction of sp³-hybridized carbons (Fsp3) is 1.00. The van der Waals surface area contributed by atoms with E-state index in [1.807, 2.05) is 0 Å². The quantitative estimate of drug-likeness (QED) is 0.421. The zero-order valence-corrected chi connectivity index (χ0v) is 9.45. The van der Waals surface area contributed by atoms with Gasteiger partial charge in [0, 0.05) is 0 Å². The van der Waals surface area contributed by atoms with Crippen LogP contribution in [0.1, 0.15) is 52.4 Å². The summed E-state index contributed by atoms with van der Waals surface area (Å²) < 4.78 is 0. The van der Waals surface area contributed by atoms with Crippen molar-refractivity contribution in [3.05, 3.63) is 0 Å². The molecule has 0 saturated heterocycles. The molecule has 0 heterocycles. The van der Waals surface area contributed by atoms with Gasteiger partial charge in [-0.2, -0.15) is 11.1 Å². The fourth-order valence-corrected chi connectivity index (χ4v) is 2.44. The van der Waals surface area contributed by atoms with E-state index < -0.39 is 0 Å². The van der Waals surface area contributed by atoms with E-state index in [0.717, 1.165) is 5.54 Å². The Balaban J connectivity index is 3.25. The largest absolute Gasteiger partial charge is 0.175 e. The third-order valence-corrected chi connectivity index (χ3v) is 3.78. The number of rotatable bonds is 7. The molecule has 0 amide bonds. The lowest BCUT2D eigenvalue weighted by Gasteiger charge is -2.10. The van der Waals surface area contributed by atoms with Crippen molar-refractivity contribution in [1.82, 2.24) is 0 Å². The van der Waals surface area contributed by atoms with Crippen LogP contribution in [0.25, 0.3) is 0 Å². The maximum Gasteiger partial charge on any atom is 0.175 e. The van der Waals surface area contributed by atoms with Crippen molar-refractivity contribution in [1.29, 1.82) is 0 Å². The van der Waals surface area contributed by atoms with E-state index in [2.05, 4.69) is 13.8 Å². The molecule has 2 heteroatoms. The topological polar surface area (TPSA) is 0 Å². The molecule has 0 aliphatic rings. The van der Waals surface area contributed by atoms with Crippen molar-refractivity contribution < 1.29 is 0 Å². The van der Waals surface area contributed by atoms with Crippen molar-refractivity contribution in [3.63, 3.8) is 0 Å². The third-order valence-electron chi connectivity index (χ3n) is 1.97. The molecule has 0 aromatic rings. The molecule has 0 aromatic carbocycles. The van der Waals surface area contributed by atoms with Crippen LogP contribution < -0.4 is 0 Å². The van der Waals surface area contributed by atoms with Crippen LogP contribution in [-0.4, -0.2) is 8.83 Å². The smallest absolute Gasteiger partial charge is 0.171 e. The number of hydrogen-bond acceptors (Lipinski definition) is 0. The van der Waals surface area contributed by atoms with Gasteiger partial charge in [0.15, 0.2) is 8.83 Å². The normalized spacial score (nSPS) is 10.9. The van der Waals surface area contributed by atoms with E-state index in [-0.39, 0.29) is 0 Å². The maximum atomic E-state index is 5.87. The Hall–Kier alpha value is 0.507. The molecule has 0 N–H and O–H groups in total. The molecule has 0 nitrogen and oxygen atoms in total. The van der Waals surface area contributed by atoms with E-state index in [1.54, 1.807) is 0 Å². The highest BCUT2D eigenvalue weighted by Gasteiger charge is 2.06. The van der Waals surface area contributed by atoms with Crippen LogP contribution in [0.15, 0.2) is 0 Å². The molecule has 0 aromatic heterocycles. The van der Waals surface area contributed by atoms with Crippen LogP contribution in [-0.2, 0) is 0 Å². The first-order valence-corrected chi connectivity index (χ1v) is 6.80. The monoisotopic (exact) mass is 190 g/mol. The molecule has 0 spiro atoms. The molecule has 2 radical (unpaired) electrons. The van der Waals surface area contributed by atoms with Crippen LogP contribution in [0, 0.1) is 0 Å². The first-order chi connectivity index (χ1) is 5.35. The summed E-state index contributed by atoms with van der Waals surface area (Å²) in [5.41, 5.74) is 0.816. The van der Waals surface area contributed by atoms with Crippen molar-refractivity contribution in [3.8, 4) is 0 Å². The Bertz CT molecular complexity index is 68.0. The summed E-state index contributed by atoms with van der Waals surface area (Å²) in [4.78, 5) is 0. The average Bonchev–Trinajstić information content (AvgIpc) is 2.05. The molecule has 66 valence electrons. The summed E-state index contributed by atoms with van der Waals surface area (Å²) in [6.45, 7) is 4.49. The summed E-state index contributed by atoms with van der Waals surface area (Å²) in [5.74, 6) is 0. The Kier molecular flexibility index (Phi) is 9.00. The number of unbranched alkanes of at least 4 members (excludes halogenated alkanes) is 2. The van der Waals surface area contributed by atoms with Crippen molar-refractivity contribution in [2.75, 3.05) is 0 Å². The highest BCUT2D eigenvalue weighted by atomic mass is 35.6. The molecular formula is C9H19ClSi. The SMILES string of the molecule is CCCCC(CCCC)[Si]Cl. The highest BCUT2D eigenvalue weighted by Crippen LogP contribution is 2.21. The van der Waals surface area contributed by atoms with Gasteiger partial charge < -0.3 is 0 Å². The molecule has 0 rings (SSSR count). The predicted octanol–water partition coefficient (Wildman–Crippen LogP) is 4.01. The van der Waals surface area contributed by atoms with Gasteiger partial charge in [-0.05, 0) is 5.54 Å². The van der Waals surface area contributed by atoms with E-state index in [9.17, 15) is 0 Å². The maximum absolute atomic E-state index is 5.87. The summed E-state index contributed by atoms with van der Waals surface area (Å²) in [6.07, 6.45) is 8.02. The molecule has 0 unspecified atom stereocenters. The summed E-state index contributed by atoms with van der Waals surface area (Å²) >= 11 is 5.87. The molecule has 0 fully saturated rings. The van der Waals surface area contributed by atoms with Gasteiger partial charge in [-0.3, -0.25) is 0 Å². The van der Waals surface area contributed by atoms with Gasteiger partial charge in [0.1, 0.15) is 0 Å². The zero-order chi connectivity index (χ0) is 8.53. The molecule has 11 heavy (non-hydrogen) atoms. The second kappa shape index (κ2) is 8.60. The summed E-state index contributed by atoms with van der Waals surface area (Å²) in [6, 6.07) is 0. The lowest BCUT2D eigenvalue weighted by atomic mass is 10.1. The lowest BCUT2D eigenvalue weighted by molar-refractivity contribution is 0.600. The average molecular weight is 191 g/mol. The Morgan fingerprint density at radius 3 is 1.82 bits per heavy atom. The van der Waals surface area contributed by atoms with Gasteiger partial charge in [-0.1, -0.05) is 52.4 Å². The van der Waals surface area contributed by atoms with Crippen molar-refractivity contribution in [2.45, 2.75) is 57.9 Å². The third kappa shape index (κ3) is 6.89. The van der Waals surface area contributed by atoms with Gasteiger partial charge in [0.2, 0.25) is 0 Å². The standard InChI is InChI=1S/C9H19ClSi/c1-3-5-7-9(11-10)8-6-4-2/h9H,3-8H2,1-2H3. The van der Waals surface area contributed by atoms with Gasteiger partial charge in [0.25, 0.3) is 0 Å². The molecule has 0 saturated carbocycles. The lowest BCUT2D eigenvalue weighted by Crippen LogP contribution is -1.97. The van der Waals surface area contributed by atoms with E-state index in [4.69, 9.17) is 11.1 Å². The minimum atomic E-state index is 0.641. The minimum Gasteiger partial charge on any atom is -0.171 e. The van der Waals surface area contributed by atoms with Crippen molar-refractivity contribution >= 4 is 19.9 Å². The summed E-state index contributed by atoms with van der Waals surface area (Å²) in [7, 11) is 0.641. The molecular weight excluding hydrogens is 172 g/mol. The Labute approximate surface area is 78.2 Å². The van der Waals surface area contributed by atoms with Gasteiger partial charge in [-0.15, -0.1) is 0 Å². The Morgan fingerprint density at radius 2 is 1.55 bits per heavy atom. The molecule has 0 atom stereocenters. The van der Waals surface area contributed by atoms with Crippen LogP contribution in [0.3, 0.4) is 0 Å². The number of halogens is 1. The molecule has 0 bridgehead atoms.